The van der Waals surface area contributed by atoms with Crippen LogP contribution in [0.15, 0.2) is 42.6 Å². The lowest BCUT2D eigenvalue weighted by atomic mass is 10.1. The average molecular weight is 327 g/mol. The van der Waals surface area contributed by atoms with Crippen molar-refractivity contribution in [3.05, 3.63) is 53.9 Å². The van der Waals surface area contributed by atoms with Crippen molar-refractivity contribution in [2.24, 2.45) is 7.05 Å². The number of nitrogens with zero attached hydrogens (tertiary/aromatic N) is 2. The van der Waals surface area contributed by atoms with E-state index in [1.165, 1.54) is 30.5 Å². The van der Waals surface area contributed by atoms with Gasteiger partial charge in [-0.1, -0.05) is 30.5 Å². The molecule has 0 amide bonds. The fraction of sp³-hybridized carbons (Fsp3) is 0.421. The van der Waals surface area contributed by atoms with Crippen LogP contribution in [0.3, 0.4) is 0 Å². The van der Waals surface area contributed by atoms with Crippen LogP contribution >= 0.6 is 12.2 Å². The van der Waals surface area contributed by atoms with Crippen LogP contribution in [-0.4, -0.2) is 21.1 Å². The van der Waals surface area contributed by atoms with Crippen LogP contribution in [0, 0.1) is 6.92 Å². The topological polar surface area (TPSA) is 20.2 Å². The number of rotatable bonds is 2. The molecule has 3 nitrogen and oxygen atoms in total. The van der Waals surface area contributed by atoms with Gasteiger partial charge in [0.15, 0.2) is 5.11 Å². The third kappa shape index (κ3) is 3.75. The van der Waals surface area contributed by atoms with Crippen molar-refractivity contribution in [1.82, 2.24) is 9.47 Å². The Morgan fingerprint density at radius 2 is 1.91 bits per heavy atom. The Hall–Kier alpha value is -1.81. The van der Waals surface area contributed by atoms with E-state index in [1.807, 2.05) is 0 Å². The van der Waals surface area contributed by atoms with E-state index in [0.717, 1.165) is 23.8 Å². The summed E-state index contributed by atoms with van der Waals surface area (Å²) < 4.78 is 2.22. The maximum atomic E-state index is 5.75. The number of likely N-dealkylation sites (tertiary alicyclic amines) is 1. The van der Waals surface area contributed by atoms with E-state index >= 15 is 0 Å². The minimum atomic E-state index is 0.364. The molecule has 1 aliphatic rings. The van der Waals surface area contributed by atoms with Gasteiger partial charge in [-0.25, -0.2) is 0 Å². The van der Waals surface area contributed by atoms with Gasteiger partial charge in [-0.15, -0.1) is 0 Å². The highest BCUT2D eigenvalue weighted by atomic mass is 32.1. The van der Waals surface area contributed by atoms with Crippen LogP contribution in [-0.2, 0) is 7.05 Å². The first kappa shape index (κ1) is 16.1. The molecule has 0 aliphatic carbocycles. The van der Waals surface area contributed by atoms with Gasteiger partial charge in [-0.05, 0) is 56.2 Å². The van der Waals surface area contributed by atoms with Crippen LogP contribution in [0.2, 0.25) is 0 Å². The Balaban J connectivity index is 1.80. The molecule has 1 aromatic heterocycles. The molecule has 1 saturated heterocycles. The van der Waals surface area contributed by atoms with Gasteiger partial charge in [0.25, 0.3) is 0 Å². The molecule has 2 heterocycles. The summed E-state index contributed by atoms with van der Waals surface area (Å²) in [6, 6.07) is 13.1. The fourth-order valence-corrected chi connectivity index (χ4v) is 3.65. The lowest BCUT2D eigenvalue weighted by Gasteiger charge is -2.33. The van der Waals surface area contributed by atoms with Crippen LogP contribution in [0.4, 0.5) is 5.69 Å². The summed E-state index contributed by atoms with van der Waals surface area (Å²) in [4.78, 5) is 2.37. The largest absolute Gasteiger partial charge is 0.353 e. The first-order valence-electron chi connectivity index (χ1n) is 8.40. The van der Waals surface area contributed by atoms with E-state index < -0.39 is 0 Å². The number of hydrogen-bond acceptors (Lipinski definition) is 1. The van der Waals surface area contributed by atoms with Gasteiger partial charge in [-0.3, -0.25) is 0 Å². The predicted octanol–water partition coefficient (Wildman–Crippen LogP) is 4.65. The number of nitrogens with one attached hydrogen (secondary N) is 1. The summed E-state index contributed by atoms with van der Waals surface area (Å²) in [7, 11) is 2.12. The van der Waals surface area contributed by atoms with E-state index in [9.17, 15) is 0 Å². The lowest BCUT2D eigenvalue weighted by Crippen LogP contribution is -2.38. The second kappa shape index (κ2) is 7.18. The molecule has 4 heteroatoms. The molecule has 1 fully saturated rings. The van der Waals surface area contributed by atoms with E-state index in [0.29, 0.717) is 6.04 Å². The zero-order valence-corrected chi connectivity index (χ0v) is 14.8. The molecular weight excluding hydrogens is 302 g/mol. The first-order valence-corrected chi connectivity index (χ1v) is 8.81. The lowest BCUT2D eigenvalue weighted by molar-refractivity contribution is 0.315. The summed E-state index contributed by atoms with van der Waals surface area (Å²) >= 11 is 5.75. The Morgan fingerprint density at radius 1 is 1.13 bits per heavy atom. The van der Waals surface area contributed by atoms with Crippen LogP contribution < -0.4 is 5.32 Å². The van der Waals surface area contributed by atoms with E-state index in [4.69, 9.17) is 12.2 Å². The number of thiocarbonyl (C=S) groups is 1. The second-order valence-corrected chi connectivity index (χ2v) is 6.79. The minimum absolute atomic E-state index is 0.364. The van der Waals surface area contributed by atoms with Gasteiger partial charge in [0.05, 0.1) is 6.04 Å². The zero-order chi connectivity index (χ0) is 16.2. The fourth-order valence-electron chi connectivity index (χ4n) is 3.31. The summed E-state index contributed by atoms with van der Waals surface area (Å²) in [5.74, 6) is 0. The third-order valence-electron chi connectivity index (χ3n) is 4.64. The van der Waals surface area contributed by atoms with E-state index in [1.54, 1.807) is 0 Å². The van der Waals surface area contributed by atoms with Crippen molar-refractivity contribution in [2.45, 2.75) is 38.6 Å². The van der Waals surface area contributed by atoms with Gasteiger partial charge >= 0.3 is 0 Å². The molecule has 0 saturated carbocycles. The number of hydrogen-bond donors (Lipinski definition) is 1. The summed E-state index contributed by atoms with van der Waals surface area (Å²) in [6.07, 6.45) is 7.03. The highest BCUT2D eigenvalue weighted by Gasteiger charge is 2.26. The second-order valence-electron chi connectivity index (χ2n) is 6.40. The first-order chi connectivity index (χ1) is 11.1. The average Bonchev–Trinajstić information content (AvgIpc) is 2.82. The van der Waals surface area contributed by atoms with Gasteiger partial charge in [0.1, 0.15) is 0 Å². The van der Waals surface area contributed by atoms with Crippen molar-refractivity contribution < 1.29 is 0 Å². The molecule has 3 rings (SSSR count). The minimum Gasteiger partial charge on any atom is -0.353 e. The molecular formula is C19H25N3S. The van der Waals surface area contributed by atoms with Crippen molar-refractivity contribution in [3.63, 3.8) is 0 Å². The number of anilines is 1. The van der Waals surface area contributed by atoms with Crippen molar-refractivity contribution in [3.8, 4) is 0 Å². The van der Waals surface area contributed by atoms with Gasteiger partial charge in [-0.2, -0.15) is 0 Å². The quantitative estimate of drug-likeness (QED) is 0.811. The maximum Gasteiger partial charge on any atom is 0.173 e. The van der Waals surface area contributed by atoms with Crippen molar-refractivity contribution in [2.75, 3.05) is 11.9 Å². The molecule has 2 aromatic rings. The molecule has 1 N–H and O–H groups in total. The molecule has 0 bridgehead atoms. The van der Waals surface area contributed by atoms with E-state index in [-0.39, 0.29) is 0 Å². The molecule has 122 valence electrons. The van der Waals surface area contributed by atoms with E-state index in [2.05, 4.69) is 71.4 Å². The molecule has 0 unspecified atom stereocenters. The summed E-state index contributed by atoms with van der Waals surface area (Å²) in [6.45, 7) is 3.12. The third-order valence-corrected chi connectivity index (χ3v) is 4.98. The molecule has 23 heavy (non-hydrogen) atoms. The summed E-state index contributed by atoms with van der Waals surface area (Å²) in [5, 5.41) is 4.26. The van der Waals surface area contributed by atoms with Gasteiger partial charge in [0.2, 0.25) is 0 Å². The SMILES string of the molecule is Cc1ccc(NC(=S)N2CCCCC[C@@H]2c2cccn2C)cc1. The molecule has 1 atom stereocenters. The van der Waals surface area contributed by atoms with Gasteiger partial charge < -0.3 is 14.8 Å². The highest BCUT2D eigenvalue weighted by molar-refractivity contribution is 7.80. The molecule has 0 radical (unpaired) electrons. The Morgan fingerprint density at radius 3 is 2.61 bits per heavy atom. The van der Waals surface area contributed by atoms with Gasteiger partial charge in [0, 0.05) is 31.2 Å². The zero-order valence-electron chi connectivity index (χ0n) is 14.0. The molecule has 1 aromatic carbocycles. The number of aryl methyl sites for hydroxylation is 2. The van der Waals surface area contributed by atoms with Crippen molar-refractivity contribution in [1.29, 1.82) is 0 Å². The standard InChI is InChI=1S/C19H25N3S/c1-15-9-11-16(12-10-15)20-19(23)22-14-5-3-4-7-18(22)17-8-6-13-21(17)2/h6,8-13,18H,3-5,7,14H2,1-2H3,(H,20,23)/t18-/m1/s1. The number of aromatic nitrogens is 1. The molecule has 0 spiro atoms. The Bertz CT molecular complexity index is 660. The maximum absolute atomic E-state index is 5.75. The van der Waals surface area contributed by atoms with Crippen LogP contribution in [0.25, 0.3) is 0 Å². The van der Waals surface area contributed by atoms with Crippen LogP contribution in [0.1, 0.15) is 43.0 Å². The smallest absolute Gasteiger partial charge is 0.173 e. The monoisotopic (exact) mass is 327 g/mol. The van der Waals surface area contributed by atoms with Crippen LogP contribution in [0.5, 0.6) is 0 Å². The summed E-state index contributed by atoms with van der Waals surface area (Å²) in [5.41, 5.74) is 3.67. The normalized spacial score (nSPS) is 18.5. The predicted molar refractivity (Wildman–Crippen MR) is 101 cm³/mol. The highest BCUT2D eigenvalue weighted by Crippen LogP contribution is 2.30. The van der Waals surface area contributed by atoms with Crippen molar-refractivity contribution >= 4 is 23.0 Å². The molecule has 1 aliphatic heterocycles. The Kier molecular flexibility index (Phi) is 5.01. The Labute approximate surface area is 144 Å². The number of benzene rings is 1.